The zero-order valence-corrected chi connectivity index (χ0v) is 14.2. The molecule has 0 aliphatic carbocycles. The first-order valence-electron chi connectivity index (χ1n) is 6.95. The molecule has 22 heavy (non-hydrogen) atoms. The molecule has 0 spiro atoms. The second-order valence-electron chi connectivity index (χ2n) is 4.85. The molecule has 0 amide bonds. The summed E-state index contributed by atoms with van der Waals surface area (Å²) in [4.78, 5) is 1.33. The molecular weight excluding hydrogens is 365 g/mol. The van der Waals surface area contributed by atoms with Gasteiger partial charge in [-0.05, 0) is 57.6 Å². The van der Waals surface area contributed by atoms with E-state index in [0.29, 0.717) is 12.2 Å². The van der Waals surface area contributed by atoms with Gasteiger partial charge < -0.3 is 5.32 Å². The van der Waals surface area contributed by atoms with Crippen molar-refractivity contribution in [3.63, 3.8) is 0 Å². The van der Waals surface area contributed by atoms with Crippen LogP contribution in [0.3, 0.4) is 0 Å². The van der Waals surface area contributed by atoms with Crippen LogP contribution in [0.5, 0.6) is 0 Å². The predicted molar refractivity (Wildman–Crippen MR) is 91.0 cm³/mol. The van der Waals surface area contributed by atoms with Crippen molar-refractivity contribution in [2.45, 2.75) is 13.0 Å². The average molecular weight is 380 g/mol. The van der Waals surface area contributed by atoms with Crippen LogP contribution in [0.4, 0.5) is 4.39 Å². The highest BCUT2D eigenvalue weighted by molar-refractivity contribution is 9.10. The number of nitrogens with one attached hydrogen (secondary N) is 1. The molecule has 0 fully saturated rings. The largest absolute Gasteiger partial charge is 0.312 e. The molecule has 1 N–H and O–H groups in total. The Morgan fingerprint density at radius 1 is 1.32 bits per heavy atom. The van der Waals surface area contributed by atoms with E-state index in [-0.39, 0.29) is 5.82 Å². The minimum atomic E-state index is -0.260. The maximum Gasteiger partial charge on any atom is 0.149 e. The summed E-state index contributed by atoms with van der Waals surface area (Å²) < 4.78 is 16.8. The lowest BCUT2D eigenvalue weighted by atomic mass is 10.2. The molecule has 3 nitrogen and oxygen atoms in total. The van der Waals surface area contributed by atoms with Crippen LogP contribution in [-0.2, 0) is 13.0 Å². The van der Waals surface area contributed by atoms with E-state index < -0.39 is 0 Å². The molecule has 2 heterocycles. The first-order chi connectivity index (χ1) is 10.7. The lowest BCUT2D eigenvalue weighted by Crippen LogP contribution is -2.16. The summed E-state index contributed by atoms with van der Waals surface area (Å²) in [6.45, 7) is 1.51. The van der Waals surface area contributed by atoms with E-state index in [1.165, 1.54) is 9.56 Å². The van der Waals surface area contributed by atoms with Crippen LogP contribution < -0.4 is 5.32 Å². The zero-order chi connectivity index (χ0) is 15.4. The van der Waals surface area contributed by atoms with Gasteiger partial charge in [0.2, 0.25) is 0 Å². The Balaban J connectivity index is 1.55. The summed E-state index contributed by atoms with van der Waals surface area (Å²) in [5, 5.41) is 9.46. The Morgan fingerprint density at radius 2 is 2.23 bits per heavy atom. The fraction of sp³-hybridized carbons (Fsp3) is 0.188. The maximum absolute atomic E-state index is 14.1. The number of thiophene rings is 1. The summed E-state index contributed by atoms with van der Waals surface area (Å²) in [7, 11) is 0. The van der Waals surface area contributed by atoms with E-state index in [1.54, 1.807) is 41.9 Å². The van der Waals surface area contributed by atoms with Crippen molar-refractivity contribution in [2.24, 2.45) is 0 Å². The third-order valence-corrected chi connectivity index (χ3v) is 5.30. The first kappa shape index (κ1) is 15.4. The van der Waals surface area contributed by atoms with E-state index >= 15 is 0 Å². The van der Waals surface area contributed by atoms with Crippen molar-refractivity contribution in [1.29, 1.82) is 0 Å². The summed E-state index contributed by atoms with van der Waals surface area (Å²) in [5.74, 6) is -0.260. The number of rotatable bonds is 6. The van der Waals surface area contributed by atoms with E-state index in [1.807, 2.05) is 6.07 Å². The second kappa shape index (κ2) is 7.17. The van der Waals surface area contributed by atoms with E-state index in [2.05, 4.69) is 37.8 Å². The number of nitrogens with zero attached hydrogens (tertiary/aromatic N) is 2. The van der Waals surface area contributed by atoms with Crippen molar-refractivity contribution < 1.29 is 4.39 Å². The Hall–Kier alpha value is -1.50. The SMILES string of the molecule is Fc1cc(CNCCc2sccc2Br)ccc1-n1cccn1. The van der Waals surface area contributed by atoms with Gasteiger partial charge in [0.15, 0.2) is 0 Å². The van der Waals surface area contributed by atoms with Crippen molar-refractivity contribution in [3.05, 3.63) is 68.8 Å². The molecule has 0 aliphatic rings. The van der Waals surface area contributed by atoms with Gasteiger partial charge in [-0.25, -0.2) is 9.07 Å². The van der Waals surface area contributed by atoms with Gasteiger partial charge in [-0.1, -0.05) is 6.07 Å². The maximum atomic E-state index is 14.1. The van der Waals surface area contributed by atoms with Crippen LogP contribution in [0, 0.1) is 5.82 Å². The van der Waals surface area contributed by atoms with Gasteiger partial charge in [-0.15, -0.1) is 11.3 Å². The standard InChI is InChI=1S/C16H15BrFN3S/c17-13-5-9-22-16(13)4-7-19-11-12-2-3-15(14(18)10-12)21-8-1-6-20-21/h1-3,5-6,8-10,19H,4,7,11H2. The predicted octanol–water partition coefficient (Wildman–Crippen LogP) is 4.17. The Kier molecular flexibility index (Phi) is 5.02. The third-order valence-electron chi connectivity index (χ3n) is 3.31. The number of hydrogen-bond donors (Lipinski definition) is 1. The highest BCUT2D eigenvalue weighted by Crippen LogP contribution is 2.22. The minimum Gasteiger partial charge on any atom is -0.312 e. The van der Waals surface area contributed by atoms with Crippen LogP contribution >= 0.6 is 27.3 Å². The Bertz CT molecular complexity index is 740. The molecule has 1 aromatic carbocycles. The summed E-state index contributed by atoms with van der Waals surface area (Å²) >= 11 is 5.27. The number of benzene rings is 1. The van der Waals surface area contributed by atoms with Gasteiger partial charge in [-0.3, -0.25) is 0 Å². The van der Waals surface area contributed by atoms with E-state index in [9.17, 15) is 4.39 Å². The molecule has 114 valence electrons. The molecule has 0 saturated carbocycles. The van der Waals surface area contributed by atoms with Gasteiger partial charge in [0.25, 0.3) is 0 Å². The van der Waals surface area contributed by atoms with Crippen LogP contribution in [0.15, 0.2) is 52.6 Å². The molecule has 0 saturated heterocycles. The fourth-order valence-electron chi connectivity index (χ4n) is 2.20. The van der Waals surface area contributed by atoms with Gasteiger partial charge in [0, 0.05) is 34.8 Å². The van der Waals surface area contributed by atoms with Crippen LogP contribution in [-0.4, -0.2) is 16.3 Å². The highest BCUT2D eigenvalue weighted by atomic mass is 79.9. The van der Waals surface area contributed by atoms with Crippen LogP contribution in [0.2, 0.25) is 0 Å². The van der Waals surface area contributed by atoms with Crippen LogP contribution in [0.25, 0.3) is 5.69 Å². The Labute approximate surface area is 140 Å². The number of halogens is 2. The van der Waals surface area contributed by atoms with Gasteiger partial charge >= 0.3 is 0 Å². The quantitative estimate of drug-likeness (QED) is 0.651. The Morgan fingerprint density at radius 3 is 2.91 bits per heavy atom. The van der Waals surface area contributed by atoms with E-state index in [0.717, 1.165) is 23.0 Å². The fourth-order valence-corrected chi connectivity index (χ4v) is 3.75. The molecular formula is C16H15BrFN3S. The van der Waals surface area contributed by atoms with E-state index in [4.69, 9.17) is 0 Å². The third kappa shape index (κ3) is 3.63. The summed E-state index contributed by atoms with van der Waals surface area (Å²) in [5.41, 5.74) is 1.40. The number of aromatic nitrogens is 2. The lowest BCUT2D eigenvalue weighted by Gasteiger charge is -2.08. The van der Waals surface area contributed by atoms with Crippen molar-refractivity contribution in [3.8, 4) is 5.69 Å². The monoisotopic (exact) mass is 379 g/mol. The summed E-state index contributed by atoms with van der Waals surface area (Å²) in [6.07, 6.45) is 4.33. The highest BCUT2D eigenvalue weighted by Gasteiger charge is 2.06. The molecule has 0 atom stereocenters. The molecule has 0 radical (unpaired) electrons. The topological polar surface area (TPSA) is 29.9 Å². The van der Waals surface area contributed by atoms with Gasteiger partial charge in [0.05, 0.1) is 0 Å². The van der Waals surface area contributed by atoms with Crippen molar-refractivity contribution in [1.82, 2.24) is 15.1 Å². The molecule has 6 heteroatoms. The summed E-state index contributed by atoms with van der Waals surface area (Å²) in [6, 6.07) is 9.08. The molecule has 0 unspecified atom stereocenters. The smallest absolute Gasteiger partial charge is 0.149 e. The average Bonchev–Trinajstić information content (AvgIpc) is 3.16. The molecule has 3 aromatic rings. The molecule has 0 aliphatic heterocycles. The molecule has 0 bridgehead atoms. The van der Waals surface area contributed by atoms with Gasteiger partial charge in [-0.2, -0.15) is 5.10 Å². The van der Waals surface area contributed by atoms with Crippen LogP contribution in [0.1, 0.15) is 10.4 Å². The van der Waals surface area contributed by atoms with Gasteiger partial charge in [0.1, 0.15) is 11.5 Å². The zero-order valence-electron chi connectivity index (χ0n) is 11.8. The lowest BCUT2D eigenvalue weighted by molar-refractivity contribution is 0.604. The number of hydrogen-bond acceptors (Lipinski definition) is 3. The molecule has 3 rings (SSSR count). The second-order valence-corrected chi connectivity index (χ2v) is 6.71. The normalized spacial score (nSPS) is 11.0. The minimum absolute atomic E-state index is 0.260. The van der Waals surface area contributed by atoms with Crippen molar-refractivity contribution in [2.75, 3.05) is 6.54 Å². The first-order valence-corrected chi connectivity index (χ1v) is 8.62. The van der Waals surface area contributed by atoms with Crippen molar-refractivity contribution >= 4 is 27.3 Å². The molecule has 2 aromatic heterocycles.